The second-order valence-electron chi connectivity index (χ2n) is 5.64. The maximum absolute atomic E-state index is 14.0. The van der Waals surface area contributed by atoms with Crippen LogP contribution in [0.4, 0.5) is 13.2 Å². The molecule has 3 aromatic rings. The summed E-state index contributed by atoms with van der Waals surface area (Å²) >= 11 is 5.71. The van der Waals surface area contributed by atoms with Crippen LogP contribution in [0.15, 0.2) is 47.5 Å². The summed E-state index contributed by atoms with van der Waals surface area (Å²) in [5, 5.41) is -0.421. The van der Waals surface area contributed by atoms with E-state index in [1.54, 1.807) is 4.72 Å². The molecule has 0 saturated carbocycles. The van der Waals surface area contributed by atoms with Crippen LogP contribution in [0.1, 0.15) is 10.5 Å². The molecule has 2 aromatic carbocycles. The van der Waals surface area contributed by atoms with Gasteiger partial charge in [-0.05, 0) is 24.3 Å². The molecule has 0 radical (unpaired) electrons. The van der Waals surface area contributed by atoms with Crippen molar-refractivity contribution in [3.63, 3.8) is 0 Å². The van der Waals surface area contributed by atoms with E-state index in [1.165, 1.54) is 13.1 Å². The van der Waals surface area contributed by atoms with Gasteiger partial charge in [0.2, 0.25) is 0 Å². The number of carbonyl (C=O) groups excluding carboxylic acids is 1. The van der Waals surface area contributed by atoms with Gasteiger partial charge in [0.15, 0.2) is 0 Å². The highest BCUT2D eigenvalue weighted by Crippen LogP contribution is 2.26. The molecule has 0 aliphatic carbocycles. The summed E-state index contributed by atoms with van der Waals surface area (Å²) in [6.45, 7) is 0. The van der Waals surface area contributed by atoms with Gasteiger partial charge in [-0.25, -0.2) is 31.3 Å². The van der Waals surface area contributed by atoms with E-state index in [2.05, 4.69) is 4.98 Å². The van der Waals surface area contributed by atoms with Gasteiger partial charge in [0.05, 0.1) is 10.6 Å². The second kappa shape index (κ2) is 7.28. The lowest BCUT2D eigenvalue weighted by Crippen LogP contribution is -2.31. The molecule has 0 bridgehead atoms. The van der Waals surface area contributed by atoms with Crippen molar-refractivity contribution in [1.82, 2.24) is 14.3 Å². The average molecular weight is 430 g/mol. The lowest BCUT2D eigenvalue weighted by Gasteiger charge is -2.08. The van der Waals surface area contributed by atoms with E-state index in [0.29, 0.717) is 0 Å². The summed E-state index contributed by atoms with van der Waals surface area (Å²) in [5.41, 5.74) is -0.930. The van der Waals surface area contributed by atoms with Crippen molar-refractivity contribution in [2.45, 2.75) is 4.90 Å². The predicted molar refractivity (Wildman–Crippen MR) is 94.6 cm³/mol. The summed E-state index contributed by atoms with van der Waals surface area (Å²) in [4.78, 5) is 15.2. The third-order valence-corrected chi connectivity index (χ3v) is 5.54. The van der Waals surface area contributed by atoms with Gasteiger partial charge in [0, 0.05) is 13.2 Å². The lowest BCUT2D eigenvalue weighted by atomic mass is 10.2. The number of aryl methyl sites for hydroxylation is 1. The number of halogens is 4. The number of benzene rings is 2. The Morgan fingerprint density at radius 3 is 2.25 bits per heavy atom. The van der Waals surface area contributed by atoms with Crippen LogP contribution in [0.3, 0.4) is 0 Å². The van der Waals surface area contributed by atoms with E-state index >= 15 is 0 Å². The summed E-state index contributed by atoms with van der Waals surface area (Å²) in [6.07, 6.45) is 1.08. The van der Waals surface area contributed by atoms with Crippen molar-refractivity contribution in [2.75, 3.05) is 0 Å². The molecular formula is C17H11ClF3N3O3S. The second-order valence-corrected chi connectivity index (χ2v) is 7.67. The molecule has 3 rings (SSSR count). The van der Waals surface area contributed by atoms with E-state index in [4.69, 9.17) is 11.6 Å². The predicted octanol–water partition coefficient (Wildman–Crippen LogP) is 3.28. The number of nitrogens with zero attached hydrogens (tertiary/aromatic N) is 2. The van der Waals surface area contributed by atoms with Crippen LogP contribution >= 0.6 is 11.6 Å². The SMILES string of the molecule is Cn1cc(C(=O)NS(=O)(=O)c2c(F)cccc2Cl)nc1-c1c(F)cccc1F. The number of carbonyl (C=O) groups is 1. The van der Waals surface area contributed by atoms with Crippen LogP contribution in [0.5, 0.6) is 0 Å². The van der Waals surface area contributed by atoms with Gasteiger partial charge in [0.1, 0.15) is 33.9 Å². The van der Waals surface area contributed by atoms with Crippen molar-refractivity contribution < 1.29 is 26.4 Å². The summed E-state index contributed by atoms with van der Waals surface area (Å²) < 4.78 is 69.2. The Hall–Kier alpha value is -2.85. The Morgan fingerprint density at radius 1 is 1.07 bits per heavy atom. The highest BCUT2D eigenvalue weighted by molar-refractivity contribution is 7.90. The Balaban J connectivity index is 1.97. The normalized spacial score (nSPS) is 11.5. The van der Waals surface area contributed by atoms with Crippen molar-refractivity contribution in [3.05, 3.63) is 70.8 Å². The van der Waals surface area contributed by atoms with Gasteiger partial charge < -0.3 is 4.57 Å². The van der Waals surface area contributed by atoms with E-state index in [-0.39, 0.29) is 5.82 Å². The van der Waals surface area contributed by atoms with Crippen LogP contribution < -0.4 is 4.72 Å². The zero-order chi connectivity index (χ0) is 20.6. The van der Waals surface area contributed by atoms with Gasteiger partial charge >= 0.3 is 0 Å². The molecule has 1 N–H and O–H groups in total. The fraction of sp³-hybridized carbons (Fsp3) is 0.0588. The molecule has 0 aliphatic heterocycles. The van der Waals surface area contributed by atoms with E-state index in [0.717, 1.165) is 41.1 Å². The van der Waals surface area contributed by atoms with Gasteiger partial charge in [-0.2, -0.15) is 0 Å². The molecule has 146 valence electrons. The minimum atomic E-state index is -4.66. The number of aromatic nitrogens is 2. The first kappa shape index (κ1) is 19.9. The van der Waals surface area contributed by atoms with Crippen molar-refractivity contribution in [3.8, 4) is 11.4 Å². The van der Waals surface area contributed by atoms with Crippen LogP contribution in [-0.2, 0) is 17.1 Å². The molecular weight excluding hydrogens is 419 g/mol. The first-order valence-electron chi connectivity index (χ1n) is 7.60. The molecule has 28 heavy (non-hydrogen) atoms. The zero-order valence-corrected chi connectivity index (χ0v) is 15.7. The van der Waals surface area contributed by atoms with Crippen LogP contribution in [0.25, 0.3) is 11.4 Å². The first-order chi connectivity index (χ1) is 13.1. The summed E-state index contributed by atoms with van der Waals surface area (Å²) in [5.74, 6) is -4.43. The quantitative estimate of drug-likeness (QED) is 0.690. The van der Waals surface area contributed by atoms with Crippen molar-refractivity contribution >= 4 is 27.5 Å². The minimum absolute atomic E-state index is 0.234. The highest BCUT2D eigenvalue weighted by Gasteiger charge is 2.27. The van der Waals surface area contributed by atoms with E-state index < -0.39 is 54.6 Å². The topological polar surface area (TPSA) is 81.1 Å². The molecule has 0 atom stereocenters. The number of sulfonamides is 1. The van der Waals surface area contributed by atoms with Crippen LogP contribution in [0, 0.1) is 17.5 Å². The molecule has 1 aromatic heterocycles. The first-order valence-corrected chi connectivity index (χ1v) is 9.47. The van der Waals surface area contributed by atoms with Crippen molar-refractivity contribution in [1.29, 1.82) is 0 Å². The summed E-state index contributed by atoms with van der Waals surface area (Å²) in [7, 11) is -3.29. The van der Waals surface area contributed by atoms with Crippen LogP contribution in [0.2, 0.25) is 5.02 Å². The molecule has 0 fully saturated rings. The van der Waals surface area contributed by atoms with Gasteiger partial charge in [-0.15, -0.1) is 0 Å². The maximum Gasteiger partial charge on any atom is 0.285 e. The van der Waals surface area contributed by atoms with E-state index in [9.17, 15) is 26.4 Å². The molecule has 11 heteroatoms. The lowest BCUT2D eigenvalue weighted by molar-refractivity contribution is 0.0977. The Bertz CT molecular complexity index is 1160. The molecule has 0 saturated heterocycles. The molecule has 1 amide bonds. The number of hydrogen-bond donors (Lipinski definition) is 1. The fourth-order valence-electron chi connectivity index (χ4n) is 2.48. The standard InChI is InChI=1S/C17H11ClF3N3O3S/c1-24-8-13(22-16(24)14-10(19)5-3-6-11(14)20)17(25)23-28(26,27)15-9(18)4-2-7-12(15)21/h2-8H,1H3,(H,23,25). The maximum atomic E-state index is 14.0. The molecule has 1 heterocycles. The highest BCUT2D eigenvalue weighted by atomic mass is 35.5. The van der Waals surface area contributed by atoms with Gasteiger partial charge in [-0.1, -0.05) is 23.7 Å². The number of amides is 1. The Kier molecular flexibility index (Phi) is 5.18. The minimum Gasteiger partial charge on any atom is -0.333 e. The van der Waals surface area contributed by atoms with Gasteiger partial charge in [-0.3, -0.25) is 4.79 Å². The fourth-order valence-corrected chi connectivity index (χ4v) is 4.05. The molecule has 0 aliphatic rings. The third kappa shape index (κ3) is 3.60. The number of imidazole rings is 1. The van der Waals surface area contributed by atoms with Crippen molar-refractivity contribution in [2.24, 2.45) is 7.05 Å². The van der Waals surface area contributed by atoms with Gasteiger partial charge in [0.25, 0.3) is 15.9 Å². The number of rotatable bonds is 4. The largest absolute Gasteiger partial charge is 0.333 e. The molecule has 6 nitrogen and oxygen atoms in total. The molecule has 0 unspecified atom stereocenters. The zero-order valence-electron chi connectivity index (χ0n) is 14.1. The van der Waals surface area contributed by atoms with Crippen LogP contribution in [-0.4, -0.2) is 23.9 Å². The Labute approximate surface area is 162 Å². The average Bonchev–Trinajstić information content (AvgIpc) is 2.96. The van der Waals surface area contributed by atoms with E-state index in [1.807, 2.05) is 0 Å². The monoisotopic (exact) mass is 429 g/mol. The Morgan fingerprint density at radius 2 is 1.64 bits per heavy atom. The summed E-state index contributed by atoms with van der Waals surface area (Å²) in [6, 6.07) is 6.39. The number of nitrogens with one attached hydrogen (secondary N) is 1. The smallest absolute Gasteiger partial charge is 0.285 e. The number of hydrogen-bond acceptors (Lipinski definition) is 4. The third-order valence-electron chi connectivity index (χ3n) is 3.71. The molecule has 0 spiro atoms.